The van der Waals surface area contributed by atoms with E-state index >= 15 is 0 Å². The summed E-state index contributed by atoms with van der Waals surface area (Å²) in [5.41, 5.74) is 9.62. The Morgan fingerprint density at radius 3 is 2.86 bits per heavy atom. The topological polar surface area (TPSA) is 132 Å². The normalized spacial score (nSPS) is 16.4. The number of nitrogens with one attached hydrogen (secondary N) is 3. The molecular weight excluding hydrogens is 492 g/mol. The lowest BCUT2D eigenvalue weighted by atomic mass is 10.1. The van der Waals surface area contributed by atoms with Crippen molar-refractivity contribution in [3.63, 3.8) is 0 Å². The molecule has 10 nitrogen and oxygen atoms in total. The SMILES string of the molecule is CCNC(=O)NCC1CN(Cc2cc3cc(Cl)ccc3[nH]2)CC(=O)N1Cc1ccc2c(N)ncnc2c1. The van der Waals surface area contributed by atoms with Crippen molar-refractivity contribution in [3.05, 3.63) is 65.1 Å². The monoisotopic (exact) mass is 520 g/mol. The molecule has 2 aromatic heterocycles. The number of halogens is 1. The van der Waals surface area contributed by atoms with Crippen LogP contribution in [-0.2, 0) is 17.9 Å². The van der Waals surface area contributed by atoms with Gasteiger partial charge in [0, 0.05) is 59.7 Å². The number of urea groups is 1. The van der Waals surface area contributed by atoms with Crippen molar-refractivity contribution in [2.75, 3.05) is 31.9 Å². The molecule has 1 unspecified atom stereocenters. The molecule has 0 bridgehead atoms. The number of anilines is 1. The standard InChI is InChI=1S/C26H29ClN8O2/c1-2-29-26(37)30-10-20-13-34(12-19-9-17-8-18(27)4-6-22(17)33-19)14-24(36)35(20)11-16-3-5-21-23(7-16)31-15-32-25(21)28/h3-9,15,20,33H,2,10-14H2,1H3,(H2,28,31,32)(H2,29,30,37). The second-order valence-corrected chi connectivity index (χ2v) is 9.66. The highest BCUT2D eigenvalue weighted by molar-refractivity contribution is 6.31. The van der Waals surface area contributed by atoms with Crippen molar-refractivity contribution in [1.29, 1.82) is 0 Å². The number of nitrogens with two attached hydrogens (primary N) is 1. The molecule has 5 N–H and O–H groups in total. The van der Waals surface area contributed by atoms with E-state index < -0.39 is 0 Å². The Balaban J connectivity index is 1.35. The van der Waals surface area contributed by atoms with Crippen LogP contribution < -0.4 is 16.4 Å². The number of fused-ring (bicyclic) bond motifs is 2. The van der Waals surface area contributed by atoms with Crippen molar-refractivity contribution in [2.24, 2.45) is 0 Å². The molecule has 5 rings (SSSR count). The maximum atomic E-state index is 13.4. The van der Waals surface area contributed by atoms with E-state index in [2.05, 4.69) is 36.6 Å². The van der Waals surface area contributed by atoms with Crippen LogP contribution in [0.2, 0.25) is 5.02 Å². The molecule has 0 aliphatic carbocycles. The molecule has 1 saturated heterocycles. The Kier molecular flexibility index (Phi) is 7.11. The summed E-state index contributed by atoms with van der Waals surface area (Å²) >= 11 is 6.14. The molecule has 3 amide bonds. The van der Waals surface area contributed by atoms with E-state index in [1.165, 1.54) is 6.33 Å². The third kappa shape index (κ3) is 5.60. The van der Waals surface area contributed by atoms with Gasteiger partial charge in [0.1, 0.15) is 12.1 Å². The van der Waals surface area contributed by atoms with E-state index in [9.17, 15) is 9.59 Å². The number of nitrogens with zero attached hydrogens (tertiary/aromatic N) is 4. The fourth-order valence-corrected chi connectivity index (χ4v) is 4.98. The van der Waals surface area contributed by atoms with Crippen molar-refractivity contribution in [2.45, 2.75) is 26.1 Å². The van der Waals surface area contributed by atoms with Crippen LogP contribution in [0.1, 0.15) is 18.2 Å². The van der Waals surface area contributed by atoms with E-state index in [1.807, 2.05) is 48.2 Å². The molecule has 0 radical (unpaired) electrons. The summed E-state index contributed by atoms with van der Waals surface area (Å²) < 4.78 is 0. The predicted octanol–water partition coefficient (Wildman–Crippen LogP) is 2.88. The third-order valence-corrected chi connectivity index (χ3v) is 6.78. The van der Waals surface area contributed by atoms with Gasteiger partial charge in [0.25, 0.3) is 0 Å². The second kappa shape index (κ2) is 10.6. The Morgan fingerprint density at radius 1 is 1.16 bits per heavy atom. The summed E-state index contributed by atoms with van der Waals surface area (Å²) in [5, 5.41) is 8.14. The van der Waals surface area contributed by atoms with Crippen LogP contribution in [0.25, 0.3) is 21.8 Å². The van der Waals surface area contributed by atoms with Gasteiger partial charge in [-0.05, 0) is 48.9 Å². The smallest absolute Gasteiger partial charge is 0.314 e. The first kappa shape index (κ1) is 24.8. The van der Waals surface area contributed by atoms with Crippen molar-refractivity contribution >= 4 is 51.2 Å². The van der Waals surface area contributed by atoms with E-state index in [0.29, 0.717) is 43.6 Å². The number of hydrogen-bond donors (Lipinski definition) is 4. The molecule has 192 valence electrons. The minimum atomic E-state index is -0.252. The highest BCUT2D eigenvalue weighted by Crippen LogP contribution is 2.24. The van der Waals surface area contributed by atoms with Crippen molar-refractivity contribution < 1.29 is 9.59 Å². The van der Waals surface area contributed by atoms with Gasteiger partial charge in [-0.3, -0.25) is 9.69 Å². The van der Waals surface area contributed by atoms with Gasteiger partial charge in [0.15, 0.2) is 0 Å². The number of carbonyl (C=O) groups is 2. The number of hydrogen-bond acceptors (Lipinski definition) is 6. The summed E-state index contributed by atoms with van der Waals surface area (Å²) in [6.45, 7) is 4.58. The fourth-order valence-electron chi connectivity index (χ4n) is 4.80. The average molecular weight is 521 g/mol. The lowest BCUT2D eigenvalue weighted by molar-refractivity contribution is -0.140. The Labute approximate surface area is 219 Å². The maximum Gasteiger partial charge on any atom is 0.314 e. The zero-order valence-corrected chi connectivity index (χ0v) is 21.3. The van der Waals surface area contributed by atoms with E-state index in [1.54, 1.807) is 0 Å². The van der Waals surface area contributed by atoms with Crippen molar-refractivity contribution in [1.82, 2.24) is 35.4 Å². The first-order valence-corrected chi connectivity index (χ1v) is 12.6. The number of nitrogen functional groups attached to an aromatic ring is 1. The van der Waals surface area contributed by atoms with Gasteiger partial charge >= 0.3 is 6.03 Å². The number of aromatic amines is 1. The molecule has 2 aromatic carbocycles. The van der Waals surface area contributed by atoms with Crippen molar-refractivity contribution in [3.8, 4) is 0 Å². The lowest BCUT2D eigenvalue weighted by Gasteiger charge is -2.41. The molecule has 1 aliphatic rings. The molecule has 1 aliphatic heterocycles. The van der Waals surface area contributed by atoms with Gasteiger partial charge in [-0.25, -0.2) is 14.8 Å². The first-order chi connectivity index (χ1) is 17.9. The molecule has 4 aromatic rings. The zero-order chi connectivity index (χ0) is 25.9. The molecule has 0 saturated carbocycles. The second-order valence-electron chi connectivity index (χ2n) is 9.22. The van der Waals surface area contributed by atoms with Crippen LogP contribution in [0.3, 0.4) is 0 Å². The van der Waals surface area contributed by atoms with Gasteiger partial charge < -0.3 is 26.3 Å². The summed E-state index contributed by atoms with van der Waals surface area (Å²) in [5.74, 6) is 0.417. The highest BCUT2D eigenvalue weighted by atomic mass is 35.5. The van der Waals surface area contributed by atoms with Gasteiger partial charge in [0.05, 0.1) is 18.1 Å². The predicted molar refractivity (Wildman–Crippen MR) is 144 cm³/mol. The molecule has 3 heterocycles. The maximum absolute atomic E-state index is 13.4. The number of piperazine rings is 1. The van der Waals surface area contributed by atoms with Crippen LogP contribution in [0.15, 0.2) is 48.8 Å². The Hall–Kier alpha value is -3.89. The van der Waals surface area contributed by atoms with Crippen LogP contribution in [-0.4, -0.2) is 68.9 Å². The van der Waals surface area contributed by atoms with Gasteiger partial charge in [-0.1, -0.05) is 17.7 Å². The van der Waals surface area contributed by atoms with Gasteiger partial charge in [0.2, 0.25) is 5.91 Å². The summed E-state index contributed by atoms with van der Waals surface area (Å²) in [4.78, 5) is 41.2. The minimum Gasteiger partial charge on any atom is -0.383 e. The van der Waals surface area contributed by atoms with E-state index in [4.69, 9.17) is 17.3 Å². The molecule has 0 spiro atoms. The fraction of sp³-hybridized carbons (Fsp3) is 0.308. The Morgan fingerprint density at radius 2 is 2.03 bits per heavy atom. The molecule has 37 heavy (non-hydrogen) atoms. The zero-order valence-electron chi connectivity index (χ0n) is 20.5. The number of rotatable bonds is 7. The lowest BCUT2D eigenvalue weighted by Crippen LogP contribution is -2.59. The molecular formula is C26H29ClN8O2. The number of aromatic nitrogens is 3. The van der Waals surface area contributed by atoms with E-state index in [-0.39, 0.29) is 24.5 Å². The van der Waals surface area contributed by atoms with Gasteiger partial charge in [-0.2, -0.15) is 0 Å². The summed E-state index contributed by atoms with van der Waals surface area (Å²) in [7, 11) is 0. The first-order valence-electron chi connectivity index (χ1n) is 12.2. The third-order valence-electron chi connectivity index (χ3n) is 6.54. The van der Waals surface area contributed by atoms with Gasteiger partial charge in [-0.15, -0.1) is 0 Å². The van der Waals surface area contributed by atoms with Crippen LogP contribution >= 0.6 is 11.6 Å². The molecule has 1 atom stereocenters. The largest absolute Gasteiger partial charge is 0.383 e. The average Bonchev–Trinajstić information content (AvgIpc) is 3.26. The molecule has 11 heteroatoms. The highest BCUT2D eigenvalue weighted by Gasteiger charge is 2.33. The van der Waals surface area contributed by atoms with Crippen LogP contribution in [0.5, 0.6) is 0 Å². The van der Waals surface area contributed by atoms with Crippen LogP contribution in [0, 0.1) is 0 Å². The van der Waals surface area contributed by atoms with E-state index in [0.717, 1.165) is 33.1 Å². The quantitative estimate of drug-likeness (QED) is 0.296. The summed E-state index contributed by atoms with van der Waals surface area (Å²) in [6.07, 6.45) is 1.43. The number of benzene rings is 2. The number of H-pyrrole nitrogens is 1. The number of carbonyl (C=O) groups excluding carboxylic acids is 2. The Bertz CT molecular complexity index is 1460. The van der Waals surface area contributed by atoms with Crippen LogP contribution in [0.4, 0.5) is 10.6 Å². The molecule has 1 fully saturated rings. The minimum absolute atomic E-state index is 0.00426. The number of amides is 3. The summed E-state index contributed by atoms with van der Waals surface area (Å²) in [6, 6.07) is 13.1.